The minimum Gasteiger partial charge on any atom is -0.497 e. The van der Waals surface area contributed by atoms with Gasteiger partial charge in [-0.2, -0.15) is 0 Å². The SMILES string of the molecule is COc1ccc(NC(=O)Cc2nnc(SCC(=O)Nc3nc(C)cs3)n2C)cc1. The maximum absolute atomic E-state index is 12.3. The first-order chi connectivity index (χ1) is 13.9. The Kier molecular flexibility index (Phi) is 6.83. The molecule has 2 heterocycles. The van der Waals surface area contributed by atoms with Crippen LogP contribution in [0.4, 0.5) is 10.8 Å². The summed E-state index contributed by atoms with van der Waals surface area (Å²) in [4.78, 5) is 28.5. The smallest absolute Gasteiger partial charge is 0.236 e. The average Bonchev–Trinajstić information content (AvgIpc) is 3.26. The van der Waals surface area contributed by atoms with Gasteiger partial charge in [0.1, 0.15) is 11.6 Å². The zero-order valence-electron chi connectivity index (χ0n) is 16.1. The van der Waals surface area contributed by atoms with Gasteiger partial charge >= 0.3 is 0 Å². The van der Waals surface area contributed by atoms with E-state index in [4.69, 9.17) is 4.74 Å². The van der Waals surface area contributed by atoms with Crippen molar-refractivity contribution in [2.75, 3.05) is 23.5 Å². The number of aryl methyl sites for hydroxylation is 1. The molecular weight excluding hydrogens is 412 g/mol. The van der Waals surface area contributed by atoms with Crippen molar-refractivity contribution in [3.8, 4) is 5.75 Å². The van der Waals surface area contributed by atoms with Crippen LogP contribution in [0.1, 0.15) is 11.5 Å². The Morgan fingerprint density at radius 1 is 1.17 bits per heavy atom. The van der Waals surface area contributed by atoms with E-state index in [1.54, 1.807) is 43.0 Å². The monoisotopic (exact) mass is 432 g/mol. The lowest BCUT2D eigenvalue weighted by Gasteiger charge is -2.07. The van der Waals surface area contributed by atoms with Gasteiger partial charge in [0, 0.05) is 18.1 Å². The number of hydrogen-bond donors (Lipinski definition) is 2. The molecule has 2 N–H and O–H groups in total. The van der Waals surface area contributed by atoms with Crippen molar-refractivity contribution in [1.82, 2.24) is 19.7 Å². The molecule has 29 heavy (non-hydrogen) atoms. The summed E-state index contributed by atoms with van der Waals surface area (Å²) in [5.74, 6) is 1.01. The van der Waals surface area contributed by atoms with E-state index in [0.29, 0.717) is 27.5 Å². The van der Waals surface area contributed by atoms with Gasteiger partial charge in [0.05, 0.1) is 25.0 Å². The van der Waals surface area contributed by atoms with Gasteiger partial charge in [-0.05, 0) is 31.2 Å². The lowest BCUT2D eigenvalue weighted by Crippen LogP contribution is -2.17. The maximum atomic E-state index is 12.3. The Labute approximate surface area is 175 Å². The normalized spacial score (nSPS) is 10.6. The molecule has 0 bridgehead atoms. The largest absolute Gasteiger partial charge is 0.497 e. The van der Waals surface area contributed by atoms with Crippen LogP contribution >= 0.6 is 23.1 Å². The predicted octanol–water partition coefficient (Wildman–Crippen LogP) is 2.50. The molecule has 0 aliphatic carbocycles. The van der Waals surface area contributed by atoms with E-state index in [1.165, 1.54) is 23.1 Å². The van der Waals surface area contributed by atoms with Gasteiger partial charge < -0.3 is 19.9 Å². The fourth-order valence-electron chi connectivity index (χ4n) is 2.34. The molecule has 0 saturated heterocycles. The minimum atomic E-state index is -0.209. The highest BCUT2D eigenvalue weighted by atomic mass is 32.2. The molecule has 2 aromatic heterocycles. The third-order valence-electron chi connectivity index (χ3n) is 3.82. The Balaban J connectivity index is 1.51. The zero-order valence-corrected chi connectivity index (χ0v) is 17.8. The van der Waals surface area contributed by atoms with Crippen LogP contribution in [0.25, 0.3) is 0 Å². The summed E-state index contributed by atoms with van der Waals surface area (Å²) < 4.78 is 6.80. The third kappa shape index (κ3) is 5.78. The van der Waals surface area contributed by atoms with E-state index < -0.39 is 0 Å². The molecule has 0 fully saturated rings. The molecule has 0 radical (unpaired) electrons. The molecule has 11 heteroatoms. The summed E-state index contributed by atoms with van der Waals surface area (Å²) in [5, 5.41) is 16.7. The van der Waals surface area contributed by atoms with Gasteiger partial charge in [0.25, 0.3) is 0 Å². The molecule has 0 aliphatic rings. The Hall–Kier alpha value is -2.92. The standard InChI is InChI=1S/C18H20N6O3S2/c1-11-9-28-17(19-11)21-16(26)10-29-18-23-22-14(24(18)2)8-15(25)20-12-4-6-13(27-3)7-5-12/h4-7,9H,8,10H2,1-3H3,(H,20,25)(H,19,21,26). The van der Waals surface area contributed by atoms with Gasteiger partial charge in [0.15, 0.2) is 10.3 Å². The van der Waals surface area contributed by atoms with Crippen molar-refractivity contribution >= 4 is 45.7 Å². The van der Waals surface area contributed by atoms with Crippen LogP contribution in [0.3, 0.4) is 0 Å². The topological polar surface area (TPSA) is 111 Å². The van der Waals surface area contributed by atoms with Gasteiger partial charge in [-0.25, -0.2) is 4.98 Å². The molecule has 0 saturated carbocycles. The number of thiazole rings is 1. The molecule has 3 aromatic rings. The maximum Gasteiger partial charge on any atom is 0.236 e. The lowest BCUT2D eigenvalue weighted by atomic mass is 10.3. The van der Waals surface area contributed by atoms with Gasteiger partial charge in [-0.3, -0.25) is 9.59 Å². The second-order valence-corrected chi connectivity index (χ2v) is 7.84. The number of ether oxygens (including phenoxy) is 1. The highest BCUT2D eigenvalue weighted by molar-refractivity contribution is 7.99. The lowest BCUT2D eigenvalue weighted by molar-refractivity contribution is -0.116. The number of aromatic nitrogens is 4. The Morgan fingerprint density at radius 2 is 1.93 bits per heavy atom. The van der Waals surface area contributed by atoms with Crippen LogP contribution in [0.2, 0.25) is 0 Å². The highest BCUT2D eigenvalue weighted by Gasteiger charge is 2.15. The van der Waals surface area contributed by atoms with Crippen molar-refractivity contribution in [1.29, 1.82) is 0 Å². The fraction of sp³-hybridized carbons (Fsp3) is 0.278. The summed E-state index contributed by atoms with van der Waals surface area (Å²) in [5.41, 5.74) is 1.53. The first-order valence-electron chi connectivity index (χ1n) is 8.61. The van der Waals surface area contributed by atoms with Crippen LogP contribution in [0.15, 0.2) is 34.8 Å². The zero-order chi connectivity index (χ0) is 20.8. The van der Waals surface area contributed by atoms with Crippen LogP contribution in [-0.4, -0.2) is 44.4 Å². The van der Waals surface area contributed by atoms with E-state index in [9.17, 15) is 9.59 Å². The highest BCUT2D eigenvalue weighted by Crippen LogP contribution is 2.19. The number of anilines is 2. The number of amides is 2. The van der Waals surface area contributed by atoms with Crippen LogP contribution in [0, 0.1) is 6.92 Å². The first kappa shape index (κ1) is 20.8. The van der Waals surface area contributed by atoms with Crippen molar-refractivity contribution in [2.45, 2.75) is 18.5 Å². The summed E-state index contributed by atoms with van der Waals surface area (Å²) in [6.07, 6.45) is 0.0701. The average molecular weight is 433 g/mol. The summed E-state index contributed by atoms with van der Waals surface area (Å²) >= 11 is 2.63. The molecule has 1 aromatic carbocycles. The minimum absolute atomic E-state index is 0.0701. The number of thioether (sulfide) groups is 1. The number of benzene rings is 1. The number of carbonyl (C=O) groups is 2. The van der Waals surface area contributed by atoms with Crippen molar-refractivity contribution < 1.29 is 14.3 Å². The number of methoxy groups -OCH3 is 1. The van der Waals surface area contributed by atoms with E-state index in [0.717, 1.165) is 5.69 Å². The van der Waals surface area contributed by atoms with Gasteiger partial charge in [0.2, 0.25) is 11.8 Å². The molecule has 2 amide bonds. The Bertz CT molecular complexity index is 999. The summed E-state index contributed by atoms with van der Waals surface area (Å²) in [6, 6.07) is 7.06. The van der Waals surface area contributed by atoms with E-state index >= 15 is 0 Å². The van der Waals surface area contributed by atoms with Crippen molar-refractivity contribution in [2.24, 2.45) is 7.05 Å². The van der Waals surface area contributed by atoms with Gasteiger partial charge in [-0.15, -0.1) is 21.5 Å². The third-order valence-corrected chi connectivity index (χ3v) is 5.71. The van der Waals surface area contributed by atoms with E-state index in [-0.39, 0.29) is 24.0 Å². The van der Waals surface area contributed by atoms with E-state index in [1.807, 2.05) is 12.3 Å². The van der Waals surface area contributed by atoms with Crippen molar-refractivity contribution in [3.05, 3.63) is 41.2 Å². The Morgan fingerprint density at radius 3 is 2.59 bits per heavy atom. The van der Waals surface area contributed by atoms with Crippen molar-refractivity contribution in [3.63, 3.8) is 0 Å². The number of carbonyl (C=O) groups excluding carboxylic acids is 2. The number of rotatable bonds is 8. The first-order valence-corrected chi connectivity index (χ1v) is 10.5. The predicted molar refractivity (Wildman–Crippen MR) is 113 cm³/mol. The molecule has 0 atom stereocenters. The molecule has 0 unspecified atom stereocenters. The van der Waals surface area contributed by atoms with Gasteiger partial charge in [-0.1, -0.05) is 11.8 Å². The molecular formula is C18H20N6O3S2. The number of nitrogens with one attached hydrogen (secondary N) is 2. The fourth-order valence-corrected chi connectivity index (χ4v) is 3.78. The summed E-state index contributed by atoms with van der Waals surface area (Å²) in [6.45, 7) is 1.87. The number of hydrogen-bond acceptors (Lipinski definition) is 8. The number of nitrogens with zero attached hydrogens (tertiary/aromatic N) is 4. The second-order valence-electron chi connectivity index (χ2n) is 6.04. The molecule has 3 rings (SSSR count). The molecule has 0 spiro atoms. The molecule has 0 aliphatic heterocycles. The van der Waals surface area contributed by atoms with Crippen LogP contribution in [-0.2, 0) is 23.1 Å². The van der Waals surface area contributed by atoms with Crippen LogP contribution in [0.5, 0.6) is 5.75 Å². The molecule has 9 nitrogen and oxygen atoms in total. The quantitative estimate of drug-likeness (QED) is 0.526. The second kappa shape index (κ2) is 9.52. The molecule has 152 valence electrons. The van der Waals surface area contributed by atoms with E-state index in [2.05, 4.69) is 25.8 Å². The summed E-state index contributed by atoms with van der Waals surface area (Å²) in [7, 11) is 3.35. The van der Waals surface area contributed by atoms with Crippen LogP contribution < -0.4 is 15.4 Å².